The van der Waals surface area contributed by atoms with Gasteiger partial charge in [0.1, 0.15) is 12.7 Å². The number of fused-ring (bicyclic) bond motifs is 1. The van der Waals surface area contributed by atoms with Crippen molar-refractivity contribution in [1.82, 2.24) is 10.2 Å². The second-order valence-electron chi connectivity index (χ2n) is 11.1. The standard InChI is InChI=1S/C26H36N2O3/c29-25(26-12-19-9-20(13-26)11-21(10-19)14-26)28-7-5-18(6-8-28)15-27-16-22-17-30-23-3-1-2-4-24(23)31-22/h1-4,18-22,27H,5-17H2. The number of hydrogen-bond acceptors (Lipinski definition) is 4. The molecule has 5 nitrogen and oxygen atoms in total. The van der Waals surface area contributed by atoms with Gasteiger partial charge in [0.25, 0.3) is 0 Å². The summed E-state index contributed by atoms with van der Waals surface area (Å²) in [6.07, 6.45) is 10.1. The fourth-order valence-corrected chi connectivity index (χ4v) is 7.66. The average molecular weight is 425 g/mol. The third kappa shape index (κ3) is 3.83. The summed E-state index contributed by atoms with van der Waals surface area (Å²) in [6.45, 7) is 4.30. The molecular weight excluding hydrogens is 388 g/mol. The molecule has 1 atom stereocenters. The molecule has 168 valence electrons. The second-order valence-corrected chi connectivity index (χ2v) is 11.1. The largest absolute Gasteiger partial charge is 0.486 e. The number of nitrogens with zero attached hydrogens (tertiary/aromatic N) is 1. The highest BCUT2D eigenvalue weighted by Crippen LogP contribution is 2.60. The van der Waals surface area contributed by atoms with Crippen molar-refractivity contribution < 1.29 is 14.3 Å². The molecule has 4 saturated carbocycles. The van der Waals surface area contributed by atoms with Crippen molar-refractivity contribution in [3.8, 4) is 11.5 Å². The van der Waals surface area contributed by atoms with Crippen LogP contribution in [-0.4, -0.2) is 49.7 Å². The summed E-state index contributed by atoms with van der Waals surface area (Å²) in [5.74, 6) is 5.38. The number of carbonyl (C=O) groups is 1. The van der Waals surface area contributed by atoms with Crippen LogP contribution >= 0.6 is 0 Å². The zero-order chi connectivity index (χ0) is 20.8. The highest BCUT2D eigenvalue weighted by molar-refractivity contribution is 5.83. The van der Waals surface area contributed by atoms with Crippen molar-refractivity contribution in [3.63, 3.8) is 0 Å². The van der Waals surface area contributed by atoms with Gasteiger partial charge in [-0.1, -0.05) is 12.1 Å². The van der Waals surface area contributed by atoms with Gasteiger partial charge in [-0.25, -0.2) is 0 Å². The average Bonchev–Trinajstić information content (AvgIpc) is 2.78. The molecule has 1 saturated heterocycles. The van der Waals surface area contributed by atoms with Crippen LogP contribution < -0.4 is 14.8 Å². The smallest absolute Gasteiger partial charge is 0.228 e. The molecule has 0 spiro atoms. The van der Waals surface area contributed by atoms with E-state index in [1.807, 2.05) is 24.3 Å². The van der Waals surface area contributed by atoms with E-state index in [9.17, 15) is 4.79 Å². The number of nitrogens with one attached hydrogen (secondary N) is 1. The Morgan fingerprint density at radius 1 is 0.968 bits per heavy atom. The zero-order valence-electron chi connectivity index (χ0n) is 18.6. The van der Waals surface area contributed by atoms with E-state index >= 15 is 0 Å². The molecular formula is C26H36N2O3. The SMILES string of the molecule is O=C(N1CCC(CNCC2COc3ccccc3O2)CC1)C12CC3CC(CC(C3)C1)C2. The number of hydrogen-bond donors (Lipinski definition) is 1. The third-order valence-electron chi connectivity index (χ3n) is 8.77. The summed E-state index contributed by atoms with van der Waals surface area (Å²) in [7, 11) is 0. The van der Waals surface area contributed by atoms with Crippen LogP contribution in [0.2, 0.25) is 0 Å². The first-order valence-electron chi connectivity index (χ1n) is 12.6. The van der Waals surface area contributed by atoms with Gasteiger partial charge < -0.3 is 19.7 Å². The van der Waals surface area contributed by atoms with Gasteiger partial charge in [-0.15, -0.1) is 0 Å². The first-order chi connectivity index (χ1) is 15.2. The maximum Gasteiger partial charge on any atom is 0.228 e. The fourth-order valence-electron chi connectivity index (χ4n) is 7.66. The van der Waals surface area contributed by atoms with Gasteiger partial charge in [0, 0.05) is 19.6 Å². The highest BCUT2D eigenvalue weighted by atomic mass is 16.6. The Morgan fingerprint density at radius 3 is 2.29 bits per heavy atom. The molecule has 5 fully saturated rings. The minimum absolute atomic E-state index is 0.0223. The predicted molar refractivity (Wildman–Crippen MR) is 119 cm³/mol. The Kier molecular flexibility index (Phi) is 5.13. The van der Waals surface area contributed by atoms with E-state index in [0.717, 1.165) is 68.3 Å². The zero-order valence-corrected chi connectivity index (χ0v) is 18.6. The van der Waals surface area contributed by atoms with Crippen LogP contribution in [-0.2, 0) is 4.79 Å². The lowest BCUT2D eigenvalue weighted by atomic mass is 9.49. The molecule has 7 rings (SSSR count). The maximum atomic E-state index is 13.6. The van der Waals surface area contributed by atoms with Crippen molar-refractivity contribution in [2.45, 2.75) is 57.5 Å². The molecule has 0 aromatic heterocycles. The number of benzene rings is 1. The monoisotopic (exact) mass is 424 g/mol. The topological polar surface area (TPSA) is 50.8 Å². The Morgan fingerprint density at radius 2 is 1.61 bits per heavy atom. The van der Waals surface area contributed by atoms with Gasteiger partial charge in [-0.05, 0) is 93.7 Å². The van der Waals surface area contributed by atoms with Crippen LogP contribution in [0.1, 0.15) is 51.4 Å². The van der Waals surface area contributed by atoms with Crippen molar-refractivity contribution >= 4 is 5.91 Å². The lowest BCUT2D eigenvalue weighted by Crippen LogP contribution is -2.56. The number of ether oxygens (including phenoxy) is 2. The molecule has 2 aliphatic heterocycles. The van der Waals surface area contributed by atoms with Gasteiger partial charge in [0.05, 0.1) is 5.41 Å². The lowest BCUT2D eigenvalue weighted by Gasteiger charge is -2.57. The number of likely N-dealkylation sites (tertiary alicyclic amines) is 1. The molecule has 1 aromatic carbocycles. The summed E-state index contributed by atoms with van der Waals surface area (Å²) >= 11 is 0. The van der Waals surface area contributed by atoms with E-state index in [4.69, 9.17) is 9.47 Å². The van der Waals surface area contributed by atoms with Crippen LogP contribution in [0.15, 0.2) is 24.3 Å². The molecule has 1 unspecified atom stereocenters. The molecule has 1 amide bonds. The molecule has 31 heavy (non-hydrogen) atoms. The quantitative estimate of drug-likeness (QED) is 0.780. The van der Waals surface area contributed by atoms with E-state index < -0.39 is 0 Å². The molecule has 5 heteroatoms. The van der Waals surface area contributed by atoms with Crippen LogP contribution in [0.4, 0.5) is 0 Å². The summed E-state index contributed by atoms with van der Waals surface area (Å²) in [5, 5.41) is 3.60. The minimum atomic E-state index is 0.0223. The molecule has 1 N–H and O–H groups in total. The summed E-state index contributed by atoms with van der Waals surface area (Å²) in [6, 6.07) is 7.88. The third-order valence-corrected chi connectivity index (χ3v) is 8.77. The summed E-state index contributed by atoms with van der Waals surface area (Å²) in [5.41, 5.74) is 0.0223. The minimum Gasteiger partial charge on any atom is -0.486 e. The molecule has 4 bridgehead atoms. The van der Waals surface area contributed by atoms with E-state index in [1.165, 1.54) is 38.5 Å². The van der Waals surface area contributed by atoms with E-state index in [2.05, 4.69) is 10.2 Å². The van der Waals surface area contributed by atoms with Gasteiger partial charge in [0.2, 0.25) is 5.91 Å². The second kappa shape index (κ2) is 7.99. The van der Waals surface area contributed by atoms with Crippen LogP contribution in [0.25, 0.3) is 0 Å². The first-order valence-corrected chi connectivity index (χ1v) is 12.6. The Labute approximate surface area is 185 Å². The van der Waals surface area contributed by atoms with Crippen molar-refractivity contribution in [3.05, 3.63) is 24.3 Å². The number of carbonyl (C=O) groups excluding carboxylic acids is 1. The van der Waals surface area contributed by atoms with Crippen molar-refractivity contribution in [2.75, 3.05) is 32.8 Å². The number of rotatable bonds is 5. The van der Waals surface area contributed by atoms with Gasteiger partial charge >= 0.3 is 0 Å². The number of amides is 1. The Hall–Kier alpha value is -1.75. The highest BCUT2D eigenvalue weighted by Gasteiger charge is 2.55. The van der Waals surface area contributed by atoms with Crippen LogP contribution in [0.5, 0.6) is 11.5 Å². The fraction of sp³-hybridized carbons (Fsp3) is 0.731. The van der Waals surface area contributed by atoms with Crippen LogP contribution in [0, 0.1) is 29.1 Å². The normalized spacial score (nSPS) is 36.6. The lowest BCUT2D eigenvalue weighted by molar-refractivity contribution is -0.159. The van der Waals surface area contributed by atoms with Gasteiger partial charge in [0.15, 0.2) is 11.5 Å². The van der Waals surface area contributed by atoms with Gasteiger partial charge in [-0.2, -0.15) is 0 Å². The van der Waals surface area contributed by atoms with Gasteiger partial charge in [-0.3, -0.25) is 4.79 Å². The first kappa shape index (κ1) is 19.9. The predicted octanol–water partition coefficient (Wildman–Crippen LogP) is 3.87. The maximum absolute atomic E-state index is 13.6. The number of piperidine rings is 1. The molecule has 0 radical (unpaired) electrons. The van der Waals surface area contributed by atoms with E-state index in [-0.39, 0.29) is 11.5 Å². The van der Waals surface area contributed by atoms with Crippen LogP contribution in [0.3, 0.4) is 0 Å². The molecule has 1 aromatic rings. The van der Waals surface area contributed by atoms with Crippen molar-refractivity contribution in [1.29, 1.82) is 0 Å². The summed E-state index contributed by atoms with van der Waals surface area (Å²) in [4.78, 5) is 15.8. The summed E-state index contributed by atoms with van der Waals surface area (Å²) < 4.78 is 11.9. The van der Waals surface area contributed by atoms with Crippen molar-refractivity contribution in [2.24, 2.45) is 29.1 Å². The molecule has 2 heterocycles. The van der Waals surface area contributed by atoms with E-state index in [1.54, 1.807) is 0 Å². The molecule has 6 aliphatic rings. The number of para-hydroxylation sites is 2. The Balaban J connectivity index is 0.960. The molecule has 4 aliphatic carbocycles. The van der Waals surface area contributed by atoms with E-state index in [0.29, 0.717) is 18.4 Å². The Bertz CT molecular complexity index is 781.